The van der Waals surface area contributed by atoms with Crippen LogP contribution in [-0.2, 0) is 4.74 Å². The van der Waals surface area contributed by atoms with E-state index in [4.69, 9.17) is 4.74 Å². The Kier molecular flexibility index (Phi) is 4.10. The fraction of sp³-hybridized carbons (Fsp3) is 0.438. The third-order valence-electron chi connectivity index (χ3n) is 3.87. The molecule has 5 heteroatoms. The smallest absolute Gasteiger partial charge is 0.321 e. The van der Waals surface area contributed by atoms with Crippen molar-refractivity contribution in [1.29, 1.82) is 0 Å². The lowest BCUT2D eigenvalue weighted by Gasteiger charge is -2.32. The molecule has 1 aromatic heterocycles. The minimum Gasteiger partial charge on any atom is -0.377 e. The summed E-state index contributed by atoms with van der Waals surface area (Å²) in [6.45, 7) is 4.16. The van der Waals surface area contributed by atoms with Gasteiger partial charge in [-0.25, -0.2) is 4.79 Å². The lowest BCUT2D eigenvalue weighted by Crippen LogP contribution is -2.45. The van der Waals surface area contributed by atoms with E-state index < -0.39 is 0 Å². The Labute approximate surface area is 124 Å². The van der Waals surface area contributed by atoms with Crippen molar-refractivity contribution in [2.24, 2.45) is 0 Å². The van der Waals surface area contributed by atoms with Crippen LogP contribution >= 0.6 is 0 Å². The lowest BCUT2D eigenvalue weighted by atomic mass is 10.1. The van der Waals surface area contributed by atoms with Gasteiger partial charge in [-0.3, -0.25) is 0 Å². The number of aromatic nitrogens is 1. The van der Waals surface area contributed by atoms with Crippen molar-refractivity contribution >= 4 is 22.6 Å². The van der Waals surface area contributed by atoms with Gasteiger partial charge in [-0.15, -0.1) is 0 Å². The zero-order valence-corrected chi connectivity index (χ0v) is 12.3. The molecule has 2 heterocycles. The first-order chi connectivity index (χ1) is 10.3. The standard InChI is InChI=1S/C16H21N3O2/c1-2-21-14-4-3-9-19(11-14)16(20)18-13-5-6-15-12(10-13)7-8-17-15/h5-8,10,14,17H,2-4,9,11H2,1H3,(H,18,20)/t14-/m0/s1. The van der Waals surface area contributed by atoms with E-state index in [0.717, 1.165) is 36.0 Å². The second-order valence-electron chi connectivity index (χ2n) is 5.38. The quantitative estimate of drug-likeness (QED) is 0.910. The molecule has 2 amide bonds. The highest BCUT2D eigenvalue weighted by molar-refractivity contribution is 5.92. The van der Waals surface area contributed by atoms with Crippen LogP contribution in [0, 0.1) is 0 Å². The molecule has 2 aromatic rings. The summed E-state index contributed by atoms with van der Waals surface area (Å²) in [6.07, 6.45) is 4.09. The highest BCUT2D eigenvalue weighted by Gasteiger charge is 2.23. The summed E-state index contributed by atoms with van der Waals surface area (Å²) in [5.41, 5.74) is 1.90. The number of amides is 2. The van der Waals surface area contributed by atoms with Crippen molar-refractivity contribution in [3.05, 3.63) is 30.5 Å². The van der Waals surface area contributed by atoms with Crippen molar-refractivity contribution < 1.29 is 9.53 Å². The molecule has 1 saturated heterocycles. The highest BCUT2D eigenvalue weighted by atomic mass is 16.5. The van der Waals surface area contributed by atoms with E-state index in [-0.39, 0.29) is 12.1 Å². The largest absolute Gasteiger partial charge is 0.377 e. The van der Waals surface area contributed by atoms with E-state index in [9.17, 15) is 4.79 Å². The van der Waals surface area contributed by atoms with Gasteiger partial charge >= 0.3 is 6.03 Å². The number of hydrogen-bond acceptors (Lipinski definition) is 2. The number of H-pyrrole nitrogens is 1. The first-order valence-corrected chi connectivity index (χ1v) is 7.51. The van der Waals surface area contributed by atoms with Crippen molar-refractivity contribution in [2.45, 2.75) is 25.9 Å². The van der Waals surface area contributed by atoms with E-state index in [2.05, 4.69) is 10.3 Å². The van der Waals surface area contributed by atoms with Gasteiger partial charge in [0.25, 0.3) is 0 Å². The number of fused-ring (bicyclic) bond motifs is 1. The molecule has 1 aliphatic rings. The van der Waals surface area contributed by atoms with Crippen LogP contribution < -0.4 is 5.32 Å². The third kappa shape index (κ3) is 3.19. The molecule has 0 spiro atoms. The number of rotatable bonds is 3. The molecule has 112 valence electrons. The van der Waals surface area contributed by atoms with E-state index in [0.29, 0.717) is 13.2 Å². The van der Waals surface area contributed by atoms with Gasteiger partial charge in [0.05, 0.1) is 6.10 Å². The number of urea groups is 1. The molecule has 2 N–H and O–H groups in total. The molecule has 1 aromatic carbocycles. The maximum absolute atomic E-state index is 12.3. The summed E-state index contributed by atoms with van der Waals surface area (Å²) in [4.78, 5) is 17.3. The number of carbonyl (C=O) groups is 1. The zero-order valence-electron chi connectivity index (χ0n) is 12.3. The second-order valence-corrected chi connectivity index (χ2v) is 5.38. The summed E-state index contributed by atoms with van der Waals surface area (Å²) >= 11 is 0. The minimum atomic E-state index is -0.0470. The normalized spacial score (nSPS) is 18.9. The number of hydrogen-bond donors (Lipinski definition) is 2. The Bertz CT molecular complexity index is 621. The van der Waals surface area contributed by atoms with Crippen LogP contribution in [0.4, 0.5) is 10.5 Å². The average Bonchev–Trinajstić information content (AvgIpc) is 2.95. The molecule has 1 aliphatic heterocycles. The summed E-state index contributed by atoms with van der Waals surface area (Å²) in [5, 5.41) is 4.07. The second kappa shape index (κ2) is 6.18. The molecule has 0 bridgehead atoms. The van der Waals surface area contributed by atoms with E-state index in [1.54, 1.807) is 0 Å². The van der Waals surface area contributed by atoms with Gasteiger partial charge in [0.1, 0.15) is 0 Å². The first-order valence-electron chi connectivity index (χ1n) is 7.51. The summed E-state index contributed by atoms with van der Waals surface area (Å²) < 4.78 is 5.63. The Morgan fingerprint density at radius 1 is 1.48 bits per heavy atom. The van der Waals surface area contributed by atoms with Crippen molar-refractivity contribution in [1.82, 2.24) is 9.88 Å². The van der Waals surface area contributed by atoms with Gasteiger partial charge in [-0.1, -0.05) is 0 Å². The molecule has 0 unspecified atom stereocenters. The fourth-order valence-corrected chi connectivity index (χ4v) is 2.83. The number of nitrogens with zero attached hydrogens (tertiary/aromatic N) is 1. The first kappa shape index (κ1) is 13.9. The van der Waals surface area contributed by atoms with Gasteiger partial charge in [-0.05, 0) is 44.0 Å². The number of anilines is 1. The number of benzene rings is 1. The fourth-order valence-electron chi connectivity index (χ4n) is 2.83. The number of aromatic amines is 1. The average molecular weight is 287 g/mol. The van der Waals surface area contributed by atoms with Crippen molar-refractivity contribution in [2.75, 3.05) is 25.0 Å². The third-order valence-corrected chi connectivity index (χ3v) is 3.87. The number of nitrogens with one attached hydrogen (secondary N) is 2. The van der Waals surface area contributed by atoms with Crippen LogP contribution in [-0.4, -0.2) is 41.7 Å². The maximum Gasteiger partial charge on any atom is 0.321 e. The van der Waals surface area contributed by atoms with E-state index in [1.807, 2.05) is 42.3 Å². The van der Waals surface area contributed by atoms with Crippen LogP contribution in [0.15, 0.2) is 30.5 Å². The van der Waals surface area contributed by atoms with Gasteiger partial charge in [0, 0.05) is 42.5 Å². The monoisotopic (exact) mass is 287 g/mol. The molecule has 0 saturated carbocycles. The molecule has 1 fully saturated rings. The van der Waals surface area contributed by atoms with Crippen LogP contribution in [0.5, 0.6) is 0 Å². The van der Waals surface area contributed by atoms with Crippen LogP contribution in [0.3, 0.4) is 0 Å². The van der Waals surface area contributed by atoms with Gasteiger partial charge in [0.2, 0.25) is 0 Å². The molecule has 0 aliphatic carbocycles. The minimum absolute atomic E-state index is 0.0470. The Balaban J connectivity index is 1.64. The maximum atomic E-state index is 12.3. The molecule has 3 rings (SSSR count). The summed E-state index contributed by atoms with van der Waals surface area (Å²) in [6, 6.07) is 7.82. The predicted octanol–water partition coefficient (Wildman–Crippen LogP) is 3.20. The van der Waals surface area contributed by atoms with Crippen LogP contribution in [0.1, 0.15) is 19.8 Å². The highest BCUT2D eigenvalue weighted by Crippen LogP contribution is 2.19. The zero-order chi connectivity index (χ0) is 14.7. The molecular weight excluding hydrogens is 266 g/mol. The summed E-state index contributed by atoms with van der Waals surface area (Å²) in [7, 11) is 0. The SMILES string of the molecule is CCO[C@H]1CCCN(C(=O)Nc2ccc3[nH]ccc3c2)C1. The van der Waals surface area contributed by atoms with Crippen molar-refractivity contribution in [3.8, 4) is 0 Å². The number of likely N-dealkylation sites (tertiary alicyclic amines) is 1. The Hall–Kier alpha value is -2.01. The Morgan fingerprint density at radius 2 is 2.38 bits per heavy atom. The molecule has 0 radical (unpaired) electrons. The van der Waals surface area contributed by atoms with Gasteiger partial charge in [0.15, 0.2) is 0 Å². The Morgan fingerprint density at radius 3 is 3.24 bits per heavy atom. The molecule has 5 nitrogen and oxygen atoms in total. The molecule has 21 heavy (non-hydrogen) atoms. The predicted molar refractivity (Wildman–Crippen MR) is 83.5 cm³/mol. The molecule has 1 atom stereocenters. The van der Waals surface area contributed by atoms with Crippen molar-refractivity contribution in [3.63, 3.8) is 0 Å². The lowest BCUT2D eigenvalue weighted by molar-refractivity contribution is 0.0181. The van der Waals surface area contributed by atoms with E-state index >= 15 is 0 Å². The number of ether oxygens (including phenoxy) is 1. The van der Waals surface area contributed by atoms with Gasteiger partial charge < -0.3 is 19.9 Å². The van der Waals surface area contributed by atoms with Crippen LogP contribution in [0.25, 0.3) is 10.9 Å². The van der Waals surface area contributed by atoms with E-state index in [1.165, 1.54) is 0 Å². The number of piperidine rings is 1. The van der Waals surface area contributed by atoms with Gasteiger partial charge in [-0.2, -0.15) is 0 Å². The molecular formula is C16H21N3O2. The van der Waals surface area contributed by atoms with Crippen LogP contribution in [0.2, 0.25) is 0 Å². The summed E-state index contributed by atoms with van der Waals surface area (Å²) in [5.74, 6) is 0. The number of carbonyl (C=O) groups excluding carboxylic acids is 1. The topological polar surface area (TPSA) is 57.4 Å².